The van der Waals surface area contributed by atoms with Crippen LogP contribution in [0.15, 0.2) is 0 Å². The van der Waals surface area contributed by atoms with Gasteiger partial charge >= 0.3 is 0 Å². The van der Waals surface area contributed by atoms with Gasteiger partial charge in [-0.25, -0.2) is 0 Å². The Kier molecular flexibility index (Phi) is 9.85. The van der Waals surface area contributed by atoms with Gasteiger partial charge in [-0.05, 0) is 18.4 Å². The number of hydrogen-bond acceptors (Lipinski definition) is 2. The second-order valence-electron chi connectivity index (χ2n) is 5.97. The van der Waals surface area contributed by atoms with Crippen molar-refractivity contribution in [3.8, 4) is 0 Å². The van der Waals surface area contributed by atoms with Crippen LogP contribution >= 0.6 is 0 Å². The predicted octanol–water partition coefficient (Wildman–Crippen LogP) is 4.00. The highest BCUT2D eigenvalue weighted by Gasteiger charge is 2.23. The van der Waals surface area contributed by atoms with Crippen molar-refractivity contribution in [2.45, 2.75) is 72.8 Å². The van der Waals surface area contributed by atoms with Crippen molar-refractivity contribution >= 4 is 0 Å². The Hall–Kier alpha value is -0.0800. The van der Waals surface area contributed by atoms with E-state index in [2.05, 4.69) is 39.9 Å². The van der Waals surface area contributed by atoms with Gasteiger partial charge in [0, 0.05) is 12.6 Å². The number of hydrogen-bond donors (Lipinski definition) is 1. The maximum atomic E-state index is 5.79. The van der Waals surface area contributed by atoms with E-state index >= 15 is 0 Å². The summed E-state index contributed by atoms with van der Waals surface area (Å²) < 4.78 is 5.79. The van der Waals surface area contributed by atoms with Gasteiger partial charge in [0.15, 0.2) is 0 Å². The average molecular weight is 243 g/mol. The molecule has 0 saturated heterocycles. The Morgan fingerprint density at radius 1 is 1.00 bits per heavy atom. The van der Waals surface area contributed by atoms with Crippen molar-refractivity contribution in [2.75, 3.05) is 19.8 Å². The molecule has 0 amide bonds. The van der Waals surface area contributed by atoms with Crippen LogP contribution in [-0.2, 0) is 4.74 Å². The Balaban J connectivity index is 3.55. The summed E-state index contributed by atoms with van der Waals surface area (Å²) in [7, 11) is 0. The minimum absolute atomic E-state index is 0.276. The molecule has 0 radical (unpaired) electrons. The van der Waals surface area contributed by atoms with Gasteiger partial charge in [-0.15, -0.1) is 0 Å². The first-order chi connectivity index (χ1) is 8.02. The van der Waals surface area contributed by atoms with Gasteiger partial charge in [-0.3, -0.25) is 0 Å². The van der Waals surface area contributed by atoms with Gasteiger partial charge in [0.1, 0.15) is 0 Å². The van der Waals surface area contributed by atoms with E-state index in [1.165, 1.54) is 32.1 Å². The molecule has 0 fully saturated rings. The summed E-state index contributed by atoms with van der Waals surface area (Å²) in [5, 5.41) is 3.51. The standard InChI is InChI=1S/C15H33NO/c1-6-8-9-10-11-12-17-13-14(16-7-2)15(3,4)5/h14,16H,6-13H2,1-5H3. The van der Waals surface area contributed by atoms with E-state index in [4.69, 9.17) is 4.74 Å². The van der Waals surface area contributed by atoms with Gasteiger partial charge in [-0.2, -0.15) is 0 Å². The van der Waals surface area contributed by atoms with Crippen LogP contribution in [0, 0.1) is 5.41 Å². The van der Waals surface area contributed by atoms with Crippen molar-refractivity contribution in [2.24, 2.45) is 5.41 Å². The molecule has 0 aliphatic carbocycles. The van der Waals surface area contributed by atoms with E-state index in [9.17, 15) is 0 Å². The molecule has 0 aliphatic rings. The predicted molar refractivity (Wildman–Crippen MR) is 76.5 cm³/mol. The van der Waals surface area contributed by atoms with Crippen molar-refractivity contribution < 1.29 is 4.74 Å². The third-order valence-corrected chi connectivity index (χ3v) is 3.17. The molecule has 0 bridgehead atoms. The highest BCUT2D eigenvalue weighted by molar-refractivity contribution is 4.79. The second-order valence-corrected chi connectivity index (χ2v) is 5.97. The Labute approximate surface area is 109 Å². The lowest BCUT2D eigenvalue weighted by atomic mass is 9.87. The van der Waals surface area contributed by atoms with Gasteiger partial charge < -0.3 is 10.1 Å². The van der Waals surface area contributed by atoms with E-state index in [0.717, 1.165) is 19.8 Å². The van der Waals surface area contributed by atoms with Crippen LogP contribution in [0.1, 0.15) is 66.7 Å². The summed E-state index contributed by atoms with van der Waals surface area (Å²) in [6, 6.07) is 0.461. The molecule has 0 heterocycles. The van der Waals surface area contributed by atoms with Crippen LogP contribution in [-0.4, -0.2) is 25.8 Å². The fourth-order valence-corrected chi connectivity index (χ4v) is 1.87. The summed E-state index contributed by atoms with van der Waals surface area (Å²) in [4.78, 5) is 0. The molecule has 0 aromatic heterocycles. The molecule has 1 atom stereocenters. The summed E-state index contributed by atoms with van der Waals surface area (Å²) in [5.41, 5.74) is 0.276. The monoisotopic (exact) mass is 243 g/mol. The third kappa shape index (κ3) is 9.61. The number of unbranched alkanes of at least 4 members (excludes halogenated alkanes) is 4. The summed E-state index contributed by atoms with van der Waals surface area (Å²) in [6.07, 6.45) is 6.56. The van der Waals surface area contributed by atoms with Gasteiger partial charge in [0.25, 0.3) is 0 Å². The lowest BCUT2D eigenvalue weighted by Crippen LogP contribution is -2.43. The third-order valence-electron chi connectivity index (χ3n) is 3.17. The fraction of sp³-hybridized carbons (Fsp3) is 1.00. The van der Waals surface area contributed by atoms with E-state index in [-0.39, 0.29) is 5.41 Å². The molecule has 0 saturated carbocycles. The van der Waals surface area contributed by atoms with E-state index in [0.29, 0.717) is 6.04 Å². The highest BCUT2D eigenvalue weighted by Crippen LogP contribution is 2.19. The number of likely N-dealkylation sites (N-methyl/N-ethyl adjacent to an activating group) is 1. The summed E-state index contributed by atoms with van der Waals surface area (Å²) in [6.45, 7) is 14.0. The molecule has 104 valence electrons. The number of nitrogens with one attached hydrogen (secondary N) is 1. The van der Waals surface area contributed by atoms with E-state index < -0.39 is 0 Å². The van der Waals surface area contributed by atoms with Gasteiger partial charge in [-0.1, -0.05) is 60.3 Å². The Morgan fingerprint density at radius 3 is 2.18 bits per heavy atom. The van der Waals surface area contributed by atoms with Crippen LogP contribution in [0.4, 0.5) is 0 Å². The molecule has 2 heteroatoms. The van der Waals surface area contributed by atoms with Crippen LogP contribution in [0.3, 0.4) is 0 Å². The van der Waals surface area contributed by atoms with Gasteiger partial charge in [0.05, 0.1) is 6.61 Å². The lowest BCUT2D eigenvalue weighted by Gasteiger charge is -2.31. The first-order valence-electron chi connectivity index (χ1n) is 7.33. The van der Waals surface area contributed by atoms with E-state index in [1.807, 2.05) is 0 Å². The van der Waals surface area contributed by atoms with Crippen molar-refractivity contribution in [3.05, 3.63) is 0 Å². The largest absolute Gasteiger partial charge is 0.380 e. The first kappa shape index (κ1) is 16.9. The lowest BCUT2D eigenvalue weighted by molar-refractivity contribution is 0.0737. The fourth-order valence-electron chi connectivity index (χ4n) is 1.87. The maximum Gasteiger partial charge on any atom is 0.0624 e. The van der Waals surface area contributed by atoms with Crippen LogP contribution in [0.5, 0.6) is 0 Å². The summed E-state index contributed by atoms with van der Waals surface area (Å²) in [5.74, 6) is 0. The van der Waals surface area contributed by atoms with E-state index in [1.54, 1.807) is 0 Å². The first-order valence-corrected chi connectivity index (χ1v) is 7.33. The molecule has 0 aromatic rings. The Morgan fingerprint density at radius 2 is 1.65 bits per heavy atom. The minimum atomic E-state index is 0.276. The molecule has 1 N–H and O–H groups in total. The average Bonchev–Trinajstić information content (AvgIpc) is 2.25. The normalized spacial score (nSPS) is 13.9. The number of rotatable bonds is 10. The highest BCUT2D eigenvalue weighted by atomic mass is 16.5. The number of ether oxygens (including phenoxy) is 1. The van der Waals surface area contributed by atoms with Gasteiger partial charge in [0.2, 0.25) is 0 Å². The topological polar surface area (TPSA) is 21.3 Å². The zero-order chi connectivity index (χ0) is 13.1. The van der Waals surface area contributed by atoms with Crippen molar-refractivity contribution in [1.29, 1.82) is 0 Å². The molecule has 17 heavy (non-hydrogen) atoms. The Bertz CT molecular complexity index is 163. The molecule has 1 unspecified atom stereocenters. The summed E-state index contributed by atoms with van der Waals surface area (Å²) >= 11 is 0. The molecule has 0 spiro atoms. The van der Waals surface area contributed by atoms with Crippen LogP contribution in [0.25, 0.3) is 0 Å². The SMILES string of the molecule is CCCCCCCOCC(NCC)C(C)(C)C. The molecule has 0 aromatic carbocycles. The van der Waals surface area contributed by atoms with Crippen molar-refractivity contribution in [1.82, 2.24) is 5.32 Å². The smallest absolute Gasteiger partial charge is 0.0624 e. The van der Waals surface area contributed by atoms with Crippen LogP contribution in [0.2, 0.25) is 0 Å². The zero-order valence-electron chi connectivity index (χ0n) is 12.6. The molecule has 0 rings (SSSR count). The quantitative estimate of drug-likeness (QED) is 0.586. The zero-order valence-corrected chi connectivity index (χ0v) is 12.6. The minimum Gasteiger partial charge on any atom is -0.380 e. The maximum absolute atomic E-state index is 5.79. The van der Waals surface area contributed by atoms with Crippen molar-refractivity contribution in [3.63, 3.8) is 0 Å². The molecule has 0 aliphatic heterocycles. The molecule has 2 nitrogen and oxygen atoms in total. The molecular weight excluding hydrogens is 210 g/mol. The second kappa shape index (κ2) is 9.90. The van der Waals surface area contributed by atoms with Crippen LogP contribution < -0.4 is 5.32 Å². The molecular formula is C15H33NO.